The van der Waals surface area contributed by atoms with Gasteiger partial charge in [-0.05, 0) is 49.6 Å². The van der Waals surface area contributed by atoms with E-state index in [0.717, 1.165) is 37.2 Å². The summed E-state index contributed by atoms with van der Waals surface area (Å²) in [6, 6.07) is 5.82. The van der Waals surface area contributed by atoms with Crippen LogP contribution in [0.4, 0.5) is 0 Å². The Kier molecular flexibility index (Phi) is 4.13. The fourth-order valence-corrected chi connectivity index (χ4v) is 3.02. The minimum atomic E-state index is -0.122. The number of amides is 1. The average Bonchev–Trinajstić information content (AvgIpc) is 2.47. The van der Waals surface area contributed by atoms with E-state index in [9.17, 15) is 4.79 Å². The zero-order valence-electron chi connectivity index (χ0n) is 11.3. The van der Waals surface area contributed by atoms with E-state index in [4.69, 9.17) is 16.3 Å². The number of carbonyl (C=O) groups is 1. The number of hydrogen-bond donors (Lipinski definition) is 2. The molecular formula is C15H19ClN2O2. The standard InChI is InChI=1S/C15H19ClN2O2/c16-12-3-4-14-10(7-12)6-11(9-20-14)15(19)18-13-2-1-5-17-8-13/h3-4,7,11,13,17H,1-2,5-6,8-9H2,(H,18,19)/t11?,13-/m0/s1. The van der Waals surface area contributed by atoms with E-state index in [-0.39, 0.29) is 17.9 Å². The molecule has 1 saturated heterocycles. The highest BCUT2D eigenvalue weighted by Gasteiger charge is 2.28. The summed E-state index contributed by atoms with van der Waals surface area (Å²) in [6.45, 7) is 2.35. The van der Waals surface area contributed by atoms with Crippen molar-refractivity contribution in [3.8, 4) is 5.75 Å². The highest BCUT2D eigenvalue weighted by Crippen LogP contribution is 2.29. The van der Waals surface area contributed by atoms with Gasteiger partial charge in [0.15, 0.2) is 0 Å². The van der Waals surface area contributed by atoms with Crippen molar-refractivity contribution in [2.24, 2.45) is 5.92 Å². The zero-order chi connectivity index (χ0) is 13.9. The van der Waals surface area contributed by atoms with Crippen LogP contribution in [0.3, 0.4) is 0 Å². The molecule has 2 heterocycles. The summed E-state index contributed by atoms with van der Waals surface area (Å²) in [5, 5.41) is 7.11. The molecule has 2 N–H and O–H groups in total. The van der Waals surface area contributed by atoms with Crippen molar-refractivity contribution in [2.75, 3.05) is 19.7 Å². The third-order valence-corrected chi connectivity index (χ3v) is 4.18. The van der Waals surface area contributed by atoms with Crippen LogP contribution >= 0.6 is 11.6 Å². The predicted octanol–water partition coefficient (Wildman–Crippen LogP) is 1.76. The largest absolute Gasteiger partial charge is 0.492 e. The molecule has 1 unspecified atom stereocenters. The number of halogens is 1. The van der Waals surface area contributed by atoms with Gasteiger partial charge in [0.05, 0.1) is 5.92 Å². The fraction of sp³-hybridized carbons (Fsp3) is 0.533. The summed E-state index contributed by atoms with van der Waals surface area (Å²) in [5.41, 5.74) is 1.02. The van der Waals surface area contributed by atoms with Crippen LogP contribution in [0.5, 0.6) is 5.75 Å². The van der Waals surface area contributed by atoms with Crippen LogP contribution in [-0.2, 0) is 11.2 Å². The summed E-state index contributed by atoms with van der Waals surface area (Å²) in [6.07, 6.45) is 2.86. The van der Waals surface area contributed by atoms with Crippen LogP contribution in [-0.4, -0.2) is 31.6 Å². The number of ether oxygens (including phenoxy) is 1. The van der Waals surface area contributed by atoms with Crippen molar-refractivity contribution < 1.29 is 9.53 Å². The quantitative estimate of drug-likeness (QED) is 0.874. The van der Waals surface area contributed by atoms with Crippen molar-refractivity contribution >= 4 is 17.5 Å². The molecule has 0 aromatic heterocycles. The fourth-order valence-electron chi connectivity index (χ4n) is 2.83. The van der Waals surface area contributed by atoms with Gasteiger partial charge in [-0.1, -0.05) is 11.6 Å². The van der Waals surface area contributed by atoms with Crippen molar-refractivity contribution in [1.82, 2.24) is 10.6 Å². The van der Waals surface area contributed by atoms with Gasteiger partial charge >= 0.3 is 0 Å². The second-order valence-electron chi connectivity index (χ2n) is 5.52. The number of benzene rings is 1. The van der Waals surface area contributed by atoms with Crippen LogP contribution in [0.25, 0.3) is 0 Å². The van der Waals surface area contributed by atoms with E-state index in [2.05, 4.69) is 10.6 Å². The number of piperidine rings is 1. The molecule has 2 atom stereocenters. The summed E-state index contributed by atoms with van der Waals surface area (Å²) < 4.78 is 5.67. The van der Waals surface area contributed by atoms with Crippen LogP contribution in [0.15, 0.2) is 18.2 Å². The number of hydrogen-bond acceptors (Lipinski definition) is 3. The predicted molar refractivity (Wildman–Crippen MR) is 78.2 cm³/mol. The minimum Gasteiger partial charge on any atom is -0.492 e. The van der Waals surface area contributed by atoms with E-state index < -0.39 is 0 Å². The molecular weight excluding hydrogens is 276 g/mol. The Morgan fingerprint density at radius 2 is 2.35 bits per heavy atom. The first kappa shape index (κ1) is 13.7. The SMILES string of the molecule is O=C(N[C@H]1CCCNC1)C1COc2ccc(Cl)cc2C1. The molecule has 5 heteroatoms. The van der Waals surface area contributed by atoms with E-state index in [1.54, 1.807) is 0 Å². The second kappa shape index (κ2) is 6.02. The maximum Gasteiger partial charge on any atom is 0.227 e. The number of fused-ring (bicyclic) bond motifs is 1. The first-order chi connectivity index (χ1) is 9.72. The molecule has 0 radical (unpaired) electrons. The van der Waals surface area contributed by atoms with Gasteiger partial charge in [-0.15, -0.1) is 0 Å². The van der Waals surface area contributed by atoms with Gasteiger partial charge in [0, 0.05) is 17.6 Å². The van der Waals surface area contributed by atoms with Crippen LogP contribution < -0.4 is 15.4 Å². The molecule has 3 rings (SSSR count). The van der Waals surface area contributed by atoms with Crippen molar-refractivity contribution in [3.63, 3.8) is 0 Å². The van der Waals surface area contributed by atoms with Crippen molar-refractivity contribution in [3.05, 3.63) is 28.8 Å². The summed E-state index contributed by atoms with van der Waals surface area (Å²) in [4.78, 5) is 12.3. The lowest BCUT2D eigenvalue weighted by molar-refractivity contribution is -0.127. The van der Waals surface area contributed by atoms with Crippen molar-refractivity contribution in [1.29, 1.82) is 0 Å². The molecule has 1 fully saturated rings. The molecule has 4 nitrogen and oxygen atoms in total. The Morgan fingerprint density at radius 1 is 1.45 bits per heavy atom. The third kappa shape index (κ3) is 3.07. The molecule has 1 amide bonds. The van der Waals surface area contributed by atoms with E-state index in [1.165, 1.54) is 0 Å². The summed E-state index contributed by atoms with van der Waals surface area (Å²) >= 11 is 6.00. The molecule has 1 aromatic carbocycles. The van der Waals surface area contributed by atoms with Crippen LogP contribution in [0.2, 0.25) is 5.02 Å². The number of rotatable bonds is 2. The minimum absolute atomic E-state index is 0.0873. The molecule has 0 spiro atoms. The number of carbonyl (C=O) groups excluding carboxylic acids is 1. The maximum absolute atomic E-state index is 12.3. The molecule has 1 aromatic rings. The molecule has 108 valence electrons. The topological polar surface area (TPSA) is 50.4 Å². The monoisotopic (exact) mass is 294 g/mol. The first-order valence-corrected chi connectivity index (χ1v) is 7.52. The van der Waals surface area contributed by atoms with Gasteiger partial charge in [0.25, 0.3) is 0 Å². The smallest absolute Gasteiger partial charge is 0.227 e. The molecule has 0 bridgehead atoms. The Hall–Kier alpha value is -1.26. The maximum atomic E-state index is 12.3. The number of nitrogens with one attached hydrogen (secondary N) is 2. The highest BCUT2D eigenvalue weighted by atomic mass is 35.5. The highest BCUT2D eigenvalue weighted by molar-refractivity contribution is 6.30. The lowest BCUT2D eigenvalue weighted by Crippen LogP contribution is -2.49. The molecule has 0 aliphatic carbocycles. The van der Waals surface area contributed by atoms with Crippen molar-refractivity contribution in [2.45, 2.75) is 25.3 Å². The lowest BCUT2D eigenvalue weighted by Gasteiger charge is -2.28. The van der Waals surface area contributed by atoms with Gasteiger partial charge in [-0.25, -0.2) is 0 Å². The van der Waals surface area contributed by atoms with Gasteiger partial charge in [-0.2, -0.15) is 0 Å². The van der Waals surface area contributed by atoms with E-state index in [0.29, 0.717) is 18.1 Å². The van der Waals surface area contributed by atoms with Gasteiger partial charge in [0.1, 0.15) is 12.4 Å². The van der Waals surface area contributed by atoms with Gasteiger partial charge < -0.3 is 15.4 Å². The van der Waals surface area contributed by atoms with Gasteiger partial charge in [-0.3, -0.25) is 4.79 Å². The Balaban J connectivity index is 1.62. The van der Waals surface area contributed by atoms with E-state index in [1.807, 2.05) is 18.2 Å². The Morgan fingerprint density at radius 3 is 3.15 bits per heavy atom. The summed E-state index contributed by atoms with van der Waals surface area (Å²) in [5.74, 6) is 0.810. The average molecular weight is 295 g/mol. The molecule has 0 saturated carbocycles. The zero-order valence-corrected chi connectivity index (χ0v) is 12.1. The van der Waals surface area contributed by atoms with Gasteiger partial charge in [0.2, 0.25) is 5.91 Å². The lowest BCUT2D eigenvalue weighted by atomic mass is 9.95. The Bertz CT molecular complexity index is 501. The van der Waals surface area contributed by atoms with Crippen LogP contribution in [0.1, 0.15) is 18.4 Å². The Labute approximate surface area is 123 Å². The third-order valence-electron chi connectivity index (χ3n) is 3.94. The second-order valence-corrected chi connectivity index (χ2v) is 5.95. The molecule has 20 heavy (non-hydrogen) atoms. The van der Waals surface area contributed by atoms with Crippen LogP contribution in [0, 0.1) is 5.92 Å². The normalized spacial score (nSPS) is 25.4. The summed E-state index contributed by atoms with van der Waals surface area (Å²) in [7, 11) is 0. The van der Waals surface area contributed by atoms with E-state index >= 15 is 0 Å². The molecule has 2 aliphatic heterocycles. The first-order valence-electron chi connectivity index (χ1n) is 7.14. The molecule has 2 aliphatic rings.